The lowest BCUT2D eigenvalue weighted by Crippen LogP contribution is -2.43. The Morgan fingerprint density at radius 3 is 1.77 bits per heavy atom. The van der Waals surface area contributed by atoms with Crippen LogP contribution in [0.1, 0.15) is 13.8 Å². The van der Waals surface area contributed by atoms with E-state index in [0.29, 0.717) is 0 Å². The van der Waals surface area contributed by atoms with Gasteiger partial charge in [0.1, 0.15) is 0 Å². The van der Waals surface area contributed by atoms with E-state index >= 15 is 0 Å². The van der Waals surface area contributed by atoms with Crippen LogP contribution in [-0.2, 0) is 0 Å². The van der Waals surface area contributed by atoms with Gasteiger partial charge in [-0.2, -0.15) is 21.0 Å². The Balaban J connectivity index is 2.75. The van der Waals surface area contributed by atoms with Gasteiger partial charge in [0.25, 0.3) is 0 Å². The van der Waals surface area contributed by atoms with Crippen LogP contribution in [0, 0.1) is 73.4 Å². The van der Waals surface area contributed by atoms with Gasteiger partial charge in [-0.05, 0) is 11.5 Å². The maximum atomic E-state index is 9.79. The molecule has 22 heavy (non-hydrogen) atoms. The predicted octanol–water partition coefficient (Wildman–Crippen LogP) is 3.60. The molecule has 4 nitrogen and oxygen atoms in total. The first-order valence-corrected chi connectivity index (χ1v) is 11.1. The lowest BCUT2D eigenvalue weighted by atomic mass is 9.59. The molecule has 2 atom stereocenters. The molecule has 5 heteroatoms. The molecule has 0 unspecified atom stereocenters. The highest BCUT2D eigenvalue weighted by molar-refractivity contribution is 6.76. The first-order chi connectivity index (χ1) is 10.1. The van der Waals surface area contributed by atoms with Gasteiger partial charge in [-0.1, -0.05) is 45.1 Å². The second-order valence-corrected chi connectivity index (χ2v) is 13.7. The summed E-state index contributed by atoms with van der Waals surface area (Å²) in [4.78, 5) is 0. The van der Waals surface area contributed by atoms with Gasteiger partial charge in [0.15, 0.2) is 10.8 Å². The third-order valence-corrected chi connectivity index (χ3v) is 6.73. The number of hydrogen-bond acceptors (Lipinski definition) is 4. The summed E-state index contributed by atoms with van der Waals surface area (Å²) in [5.74, 6) is -0.711. The summed E-state index contributed by atoms with van der Waals surface area (Å²) in [5.41, 5.74) is -2.47. The highest BCUT2D eigenvalue weighted by Gasteiger charge is 2.77. The third kappa shape index (κ3) is 1.64. The fraction of sp³-hybridized carbons (Fsp3) is 0.647. The van der Waals surface area contributed by atoms with Crippen molar-refractivity contribution in [3.05, 3.63) is 11.6 Å². The molecular weight excluding hydrogens is 288 g/mol. The van der Waals surface area contributed by atoms with Crippen molar-refractivity contribution in [2.75, 3.05) is 0 Å². The van der Waals surface area contributed by atoms with E-state index in [1.807, 2.05) is 19.9 Å². The van der Waals surface area contributed by atoms with Crippen LogP contribution in [0.3, 0.4) is 0 Å². The van der Waals surface area contributed by atoms with Crippen molar-refractivity contribution < 1.29 is 0 Å². The van der Waals surface area contributed by atoms with Crippen LogP contribution in [0.4, 0.5) is 0 Å². The number of fused-ring (bicyclic) bond motifs is 2. The van der Waals surface area contributed by atoms with Gasteiger partial charge in [0.05, 0.1) is 24.3 Å². The van der Waals surface area contributed by atoms with Crippen LogP contribution in [0.2, 0.25) is 25.7 Å². The highest BCUT2D eigenvalue weighted by Crippen LogP contribution is 2.73. The standard InChI is InChI=1S/C17H20N4Si/c1-15(2)13-6-12(7-22(3,4)5)14(15)17(10-20,11-21)16(13,8-18)9-19/h6,13-14H,7H2,1-5H3/t13-,14+/m1/s1. The molecule has 1 fully saturated rings. The van der Waals surface area contributed by atoms with Crippen LogP contribution in [0.5, 0.6) is 0 Å². The molecule has 0 radical (unpaired) electrons. The summed E-state index contributed by atoms with van der Waals surface area (Å²) in [6.07, 6.45) is 2.03. The Bertz CT molecular complexity index is 684. The maximum absolute atomic E-state index is 9.79. The molecule has 2 aliphatic carbocycles. The second-order valence-electron chi connectivity index (χ2n) is 8.27. The smallest absolute Gasteiger partial charge is 0.182 e. The topological polar surface area (TPSA) is 95.2 Å². The lowest BCUT2D eigenvalue weighted by Gasteiger charge is -2.36. The molecule has 0 aromatic carbocycles. The van der Waals surface area contributed by atoms with E-state index in [1.54, 1.807) is 0 Å². The molecule has 0 aliphatic heterocycles. The summed E-state index contributed by atoms with van der Waals surface area (Å²) >= 11 is 0. The van der Waals surface area contributed by atoms with Crippen LogP contribution in [0.25, 0.3) is 0 Å². The third-order valence-electron chi connectivity index (χ3n) is 5.26. The average Bonchev–Trinajstić information content (AvgIpc) is 2.76. The Morgan fingerprint density at radius 2 is 1.41 bits per heavy atom. The predicted molar refractivity (Wildman–Crippen MR) is 84.3 cm³/mol. The highest BCUT2D eigenvalue weighted by atomic mass is 28.3. The van der Waals surface area contributed by atoms with Crippen molar-refractivity contribution in [3.8, 4) is 24.3 Å². The first-order valence-electron chi connectivity index (χ1n) is 7.42. The molecule has 0 aromatic rings. The zero-order chi connectivity index (χ0) is 17.0. The molecule has 2 rings (SSSR count). The first kappa shape index (κ1) is 16.3. The number of rotatable bonds is 2. The van der Waals surface area contributed by atoms with E-state index in [1.165, 1.54) is 0 Å². The van der Waals surface area contributed by atoms with Gasteiger partial charge in [-0.15, -0.1) is 0 Å². The monoisotopic (exact) mass is 308 g/mol. The largest absolute Gasteiger partial charge is 0.196 e. The second kappa shape index (κ2) is 4.46. The number of allylic oxidation sites excluding steroid dienone is 2. The normalized spacial score (nSPS) is 29.6. The average molecular weight is 308 g/mol. The van der Waals surface area contributed by atoms with Crippen molar-refractivity contribution in [1.29, 1.82) is 21.0 Å². The Labute approximate surface area is 133 Å². The Morgan fingerprint density at radius 1 is 0.955 bits per heavy atom. The van der Waals surface area contributed by atoms with Gasteiger partial charge in [0, 0.05) is 19.9 Å². The fourth-order valence-electron chi connectivity index (χ4n) is 4.62. The molecule has 0 aromatic heterocycles. The van der Waals surface area contributed by atoms with E-state index in [0.717, 1.165) is 11.6 Å². The number of hydrogen-bond donors (Lipinski definition) is 0. The Hall–Kier alpha value is -2.08. The summed E-state index contributed by atoms with van der Waals surface area (Å²) in [6, 6.07) is 9.18. The van der Waals surface area contributed by atoms with Crippen molar-refractivity contribution in [3.63, 3.8) is 0 Å². The summed E-state index contributed by atoms with van der Waals surface area (Å²) < 4.78 is 0. The summed E-state index contributed by atoms with van der Waals surface area (Å²) in [5, 5.41) is 39.0. The molecule has 2 aliphatic rings. The molecule has 0 saturated heterocycles. The van der Waals surface area contributed by atoms with Crippen molar-refractivity contribution >= 4 is 8.07 Å². The summed E-state index contributed by atoms with van der Waals surface area (Å²) in [6.45, 7) is 10.7. The van der Waals surface area contributed by atoms with Crippen LogP contribution in [0.15, 0.2) is 11.6 Å². The zero-order valence-electron chi connectivity index (χ0n) is 13.7. The Kier molecular flexibility index (Phi) is 3.30. The van der Waals surface area contributed by atoms with E-state index in [2.05, 4.69) is 43.9 Å². The maximum Gasteiger partial charge on any atom is 0.182 e. The van der Waals surface area contributed by atoms with Crippen LogP contribution >= 0.6 is 0 Å². The van der Waals surface area contributed by atoms with Gasteiger partial charge < -0.3 is 0 Å². The van der Waals surface area contributed by atoms with E-state index < -0.39 is 24.3 Å². The number of nitrogens with zero attached hydrogens (tertiary/aromatic N) is 4. The molecule has 112 valence electrons. The lowest BCUT2D eigenvalue weighted by molar-refractivity contribution is 0.244. The van der Waals surface area contributed by atoms with E-state index in [4.69, 9.17) is 0 Å². The van der Waals surface area contributed by atoms with E-state index in [9.17, 15) is 21.0 Å². The molecule has 0 amide bonds. The van der Waals surface area contributed by atoms with Gasteiger partial charge in [-0.3, -0.25) is 0 Å². The molecule has 0 N–H and O–H groups in total. The quantitative estimate of drug-likeness (QED) is 0.575. The van der Waals surface area contributed by atoms with Gasteiger partial charge in [-0.25, -0.2) is 0 Å². The molecule has 0 heterocycles. The van der Waals surface area contributed by atoms with Gasteiger partial charge in [0.2, 0.25) is 0 Å². The number of nitriles is 4. The summed E-state index contributed by atoms with van der Waals surface area (Å²) in [7, 11) is -1.43. The minimum Gasteiger partial charge on any atom is -0.196 e. The van der Waals surface area contributed by atoms with Crippen LogP contribution < -0.4 is 0 Å². The van der Waals surface area contributed by atoms with E-state index in [-0.39, 0.29) is 11.8 Å². The van der Waals surface area contributed by atoms with Crippen molar-refractivity contribution in [2.24, 2.45) is 28.1 Å². The SMILES string of the molecule is CC1(C)[C@H]2C=C(C[Si](C)(C)C)[C@@H]1C(C#N)(C#N)C2(C#N)C#N. The molecular formula is C17H20N4Si. The minimum atomic E-state index is -1.58. The van der Waals surface area contributed by atoms with Crippen molar-refractivity contribution in [1.82, 2.24) is 0 Å². The van der Waals surface area contributed by atoms with Crippen LogP contribution in [-0.4, -0.2) is 8.07 Å². The fourth-order valence-corrected chi connectivity index (χ4v) is 6.17. The zero-order valence-corrected chi connectivity index (χ0v) is 14.7. The molecule has 0 spiro atoms. The van der Waals surface area contributed by atoms with Gasteiger partial charge >= 0.3 is 0 Å². The minimum absolute atomic E-state index is 0.342. The van der Waals surface area contributed by atoms with Crippen molar-refractivity contribution in [2.45, 2.75) is 39.5 Å². The molecule has 2 bridgehead atoms. The molecule has 1 saturated carbocycles.